The molecule has 4 nitrogen and oxygen atoms in total. The van der Waals surface area contributed by atoms with Gasteiger partial charge in [-0.3, -0.25) is 0 Å². The zero-order valence-corrected chi connectivity index (χ0v) is 15.6. The van der Waals surface area contributed by atoms with E-state index in [4.69, 9.17) is 27.6 Å². The van der Waals surface area contributed by atoms with Gasteiger partial charge in [0.25, 0.3) is 0 Å². The molecule has 0 aliphatic heterocycles. The fourth-order valence-electron chi connectivity index (χ4n) is 2.54. The Bertz CT molecular complexity index is 1060. The zero-order chi connectivity index (χ0) is 17.4. The Kier molecular flexibility index (Phi) is 4.46. The maximum atomic E-state index is 6.21. The first kappa shape index (κ1) is 16.5. The molecule has 0 radical (unpaired) electrons. The van der Waals surface area contributed by atoms with Gasteiger partial charge in [0.2, 0.25) is 0 Å². The standard InChI is InChI=1S/C18H13Cl2N3OS/c1-23-17(16-9-12-8-13(19)6-7-15(12)24-16)21-22-18(23)25-10-11-4-2-3-5-14(11)20/h2-9H,10H2,1H3. The van der Waals surface area contributed by atoms with Crippen molar-refractivity contribution in [1.29, 1.82) is 0 Å². The van der Waals surface area contributed by atoms with Gasteiger partial charge < -0.3 is 8.98 Å². The predicted molar refractivity (Wildman–Crippen MR) is 102 cm³/mol. The fraction of sp³-hybridized carbons (Fsp3) is 0.111. The van der Waals surface area contributed by atoms with Crippen LogP contribution in [0.15, 0.2) is 58.1 Å². The molecule has 2 heterocycles. The van der Waals surface area contributed by atoms with Crippen molar-refractivity contribution in [3.8, 4) is 11.6 Å². The topological polar surface area (TPSA) is 43.9 Å². The molecule has 0 spiro atoms. The molecular weight excluding hydrogens is 377 g/mol. The van der Waals surface area contributed by atoms with Crippen molar-refractivity contribution in [2.24, 2.45) is 7.05 Å². The smallest absolute Gasteiger partial charge is 0.200 e. The molecule has 25 heavy (non-hydrogen) atoms. The van der Waals surface area contributed by atoms with Gasteiger partial charge in [-0.2, -0.15) is 0 Å². The van der Waals surface area contributed by atoms with Gasteiger partial charge in [-0.25, -0.2) is 0 Å². The van der Waals surface area contributed by atoms with E-state index in [9.17, 15) is 0 Å². The molecule has 126 valence electrons. The van der Waals surface area contributed by atoms with Crippen LogP contribution < -0.4 is 0 Å². The third kappa shape index (κ3) is 3.27. The van der Waals surface area contributed by atoms with Crippen molar-refractivity contribution in [2.75, 3.05) is 0 Å². The minimum Gasteiger partial charge on any atom is -0.453 e. The summed E-state index contributed by atoms with van der Waals surface area (Å²) in [4.78, 5) is 0. The number of aromatic nitrogens is 3. The summed E-state index contributed by atoms with van der Waals surface area (Å²) < 4.78 is 7.79. The quantitative estimate of drug-likeness (QED) is 0.412. The van der Waals surface area contributed by atoms with E-state index < -0.39 is 0 Å². The average molecular weight is 390 g/mol. The first-order valence-corrected chi connectivity index (χ1v) is 9.31. The van der Waals surface area contributed by atoms with E-state index in [1.807, 2.05) is 54.1 Å². The summed E-state index contributed by atoms with van der Waals surface area (Å²) in [6.45, 7) is 0. The van der Waals surface area contributed by atoms with Crippen LogP contribution in [0.2, 0.25) is 10.0 Å². The third-order valence-electron chi connectivity index (χ3n) is 3.85. The lowest BCUT2D eigenvalue weighted by atomic mass is 10.2. The van der Waals surface area contributed by atoms with Gasteiger partial charge in [0.1, 0.15) is 5.58 Å². The van der Waals surface area contributed by atoms with Crippen molar-refractivity contribution >= 4 is 45.9 Å². The highest BCUT2D eigenvalue weighted by Gasteiger charge is 2.16. The van der Waals surface area contributed by atoms with E-state index >= 15 is 0 Å². The maximum absolute atomic E-state index is 6.21. The monoisotopic (exact) mass is 389 g/mol. The Labute approximate surface area is 158 Å². The van der Waals surface area contributed by atoms with Gasteiger partial charge in [0.05, 0.1) is 0 Å². The van der Waals surface area contributed by atoms with E-state index in [1.165, 1.54) is 0 Å². The molecule has 0 saturated heterocycles. The SMILES string of the molecule is Cn1c(SCc2ccccc2Cl)nnc1-c1cc2cc(Cl)ccc2o1. The van der Waals surface area contributed by atoms with E-state index in [2.05, 4.69) is 10.2 Å². The second-order valence-electron chi connectivity index (χ2n) is 5.54. The molecule has 0 aliphatic rings. The lowest BCUT2D eigenvalue weighted by Crippen LogP contribution is -1.94. The summed E-state index contributed by atoms with van der Waals surface area (Å²) in [5.41, 5.74) is 1.84. The molecule has 4 rings (SSSR count). The van der Waals surface area contributed by atoms with Gasteiger partial charge >= 0.3 is 0 Å². The van der Waals surface area contributed by atoms with Crippen LogP contribution in [0, 0.1) is 0 Å². The number of benzene rings is 2. The average Bonchev–Trinajstić information content (AvgIpc) is 3.17. The molecule has 0 bridgehead atoms. The Balaban J connectivity index is 1.60. The molecule has 7 heteroatoms. The largest absolute Gasteiger partial charge is 0.453 e. The molecule has 2 aromatic carbocycles. The lowest BCUT2D eigenvalue weighted by molar-refractivity contribution is 0.618. The number of hydrogen-bond acceptors (Lipinski definition) is 4. The molecule has 0 saturated carbocycles. The summed E-state index contributed by atoms with van der Waals surface area (Å²) in [6.07, 6.45) is 0. The first-order valence-electron chi connectivity index (χ1n) is 7.57. The van der Waals surface area contributed by atoms with Crippen LogP contribution in [0.3, 0.4) is 0 Å². The summed E-state index contributed by atoms with van der Waals surface area (Å²) in [5, 5.41) is 11.7. The van der Waals surface area contributed by atoms with Crippen LogP contribution in [-0.4, -0.2) is 14.8 Å². The van der Waals surface area contributed by atoms with Crippen LogP contribution >= 0.6 is 35.0 Å². The van der Waals surface area contributed by atoms with Crippen molar-refractivity contribution in [3.63, 3.8) is 0 Å². The van der Waals surface area contributed by atoms with E-state index in [-0.39, 0.29) is 0 Å². The molecule has 0 atom stereocenters. The second kappa shape index (κ2) is 6.75. The normalized spacial score (nSPS) is 11.3. The molecule has 0 fully saturated rings. The minimum absolute atomic E-state index is 0.664. The number of fused-ring (bicyclic) bond motifs is 1. The highest BCUT2D eigenvalue weighted by atomic mass is 35.5. The van der Waals surface area contributed by atoms with E-state index in [0.29, 0.717) is 16.6 Å². The molecular formula is C18H13Cl2N3OS. The number of nitrogens with zero attached hydrogens (tertiary/aromatic N) is 3. The fourth-order valence-corrected chi connectivity index (χ4v) is 3.91. The number of halogens is 2. The third-order valence-corrected chi connectivity index (χ3v) is 5.52. The van der Waals surface area contributed by atoms with Gasteiger partial charge in [-0.05, 0) is 35.9 Å². The predicted octanol–water partition coefficient (Wildman–Crippen LogP) is 5.83. The van der Waals surface area contributed by atoms with Crippen LogP contribution in [-0.2, 0) is 12.8 Å². The zero-order valence-electron chi connectivity index (χ0n) is 13.2. The van der Waals surface area contributed by atoms with Gasteiger partial charge in [-0.1, -0.05) is 53.2 Å². The maximum Gasteiger partial charge on any atom is 0.200 e. The lowest BCUT2D eigenvalue weighted by Gasteiger charge is -2.04. The van der Waals surface area contributed by atoms with Gasteiger partial charge in [0.15, 0.2) is 16.7 Å². The second-order valence-corrected chi connectivity index (χ2v) is 7.32. The summed E-state index contributed by atoms with van der Waals surface area (Å²) in [7, 11) is 1.92. The van der Waals surface area contributed by atoms with Crippen LogP contribution in [0.5, 0.6) is 0 Å². The van der Waals surface area contributed by atoms with Crippen LogP contribution in [0.1, 0.15) is 5.56 Å². The van der Waals surface area contributed by atoms with Crippen molar-refractivity contribution in [3.05, 3.63) is 64.1 Å². The van der Waals surface area contributed by atoms with Crippen molar-refractivity contribution in [2.45, 2.75) is 10.9 Å². The number of thioether (sulfide) groups is 1. The Hall–Kier alpha value is -1.95. The Morgan fingerprint density at radius 1 is 1.08 bits per heavy atom. The first-order chi connectivity index (χ1) is 12.1. The van der Waals surface area contributed by atoms with Gasteiger partial charge in [-0.15, -0.1) is 10.2 Å². The highest BCUT2D eigenvalue weighted by molar-refractivity contribution is 7.98. The molecule has 0 N–H and O–H groups in total. The van der Waals surface area contributed by atoms with Gasteiger partial charge in [0, 0.05) is 28.2 Å². The van der Waals surface area contributed by atoms with E-state index in [0.717, 1.165) is 32.5 Å². The van der Waals surface area contributed by atoms with E-state index in [1.54, 1.807) is 17.8 Å². The number of hydrogen-bond donors (Lipinski definition) is 0. The Morgan fingerprint density at radius 2 is 1.92 bits per heavy atom. The van der Waals surface area contributed by atoms with Crippen LogP contribution in [0.25, 0.3) is 22.6 Å². The molecule has 0 amide bonds. The molecule has 4 aromatic rings. The molecule has 0 aliphatic carbocycles. The molecule has 2 aromatic heterocycles. The van der Waals surface area contributed by atoms with Crippen LogP contribution in [0.4, 0.5) is 0 Å². The molecule has 0 unspecified atom stereocenters. The number of furan rings is 1. The summed E-state index contributed by atoms with van der Waals surface area (Å²) >= 11 is 13.8. The van der Waals surface area contributed by atoms with Crippen molar-refractivity contribution < 1.29 is 4.42 Å². The Morgan fingerprint density at radius 3 is 2.76 bits per heavy atom. The summed E-state index contributed by atoms with van der Waals surface area (Å²) in [5.74, 6) is 2.06. The minimum atomic E-state index is 0.664. The number of rotatable bonds is 4. The summed E-state index contributed by atoms with van der Waals surface area (Å²) in [6, 6.07) is 15.2. The highest BCUT2D eigenvalue weighted by Crippen LogP contribution is 2.31. The van der Waals surface area contributed by atoms with Crippen molar-refractivity contribution in [1.82, 2.24) is 14.8 Å².